The molecule has 2 aliphatic heterocycles. The molecule has 0 saturated heterocycles. The molecule has 0 aromatic rings. The second-order valence-electron chi connectivity index (χ2n) is 2.36. The van der Waals surface area contributed by atoms with Crippen LogP contribution in [0.3, 0.4) is 0 Å². The molecule has 0 saturated carbocycles. The maximum Gasteiger partial charge on any atom is 0.0548 e. The van der Waals surface area contributed by atoms with Gasteiger partial charge in [0.1, 0.15) is 0 Å². The summed E-state index contributed by atoms with van der Waals surface area (Å²) in [5.74, 6) is 0. The van der Waals surface area contributed by atoms with Gasteiger partial charge in [0.25, 0.3) is 0 Å². The minimum absolute atomic E-state index is 0.620. The molecule has 1 heteroatoms. The highest BCUT2D eigenvalue weighted by atomic mass is 15.1. The summed E-state index contributed by atoms with van der Waals surface area (Å²) in [5, 5.41) is 0. The fourth-order valence-corrected chi connectivity index (χ4v) is 1.23. The first-order chi connectivity index (χ1) is 4.47. The summed E-state index contributed by atoms with van der Waals surface area (Å²) in [6.07, 6.45) is 14.0. The van der Waals surface area contributed by atoms with E-state index >= 15 is 0 Å². The summed E-state index contributed by atoms with van der Waals surface area (Å²) in [6.45, 7) is 0. The van der Waals surface area contributed by atoms with E-state index in [2.05, 4.69) is 41.6 Å². The van der Waals surface area contributed by atoms with Crippen molar-refractivity contribution < 1.29 is 0 Å². The SMILES string of the molecule is C1=CC2CC=CN2C=C1. The smallest absolute Gasteiger partial charge is 0.0548 e. The van der Waals surface area contributed by atoms with Gasteiger partial charge in [-0.2, -0.15) is 0 Å². The number of nitrogens with zero attached hydrogens (tertiary/aromatic N) is 1. The van der Waals surface area contributed by atoms with Crippen LogP contribution in [-0.4, -0.2) is 10.9 Å². The molecule has 0 spiro atoms. The Kier molecular flexibility index (Phi) is 0.950. The minimum Gasteiger partial charge on any atom is -0.347 e. The van der Waals surface area contributed by atoms with Gasteiger partial charge in [0, 0.05) is 12.4 Å². The highest BCUT2D eigenvalue weighted by molar-refractivity contribution is 5.19. The van der Waals surface area contributed by atoms with E-state index in [-0.39, 0.29) is 0 Å². The van der Waals surface area contributed by atoms with Gasteiger partial charge in [-0.05, 0) is 12.5 Å². The lowest BCUT2D eigenvalue weighted by atomic mass is 10.2. The molecular weight excluding hydrogens is 110 g/mol. The molecule has 0 fully saturated rings. The Bertz CT molecular complexity index is 189. The van der Waals surface area contributed by atoms with E-state index < -0.39 is 0 Å². The number of rotatable bonds is 0. The van der Waals surface area contributed by atoms with Gasteiger partial charge in [0.2, 0.25) is 0 Å². The summed E-state index contributed by atoms with van der Waals surface area (Å²) in [6, 6.07) is 0.620. The molecule has 0 aromatic carbocycles. The third kappa shape index (κ3) is 0.689. The normalized spacial score (nSPS) is 29.3. The van der Waals surface area contributed by atoms with Crippen molar-refractivity contribution >= 4 is 0 Å². The first kappa shape index (κ1) is 4.86. The van der Waals surface area contributed by atoms with Crippen molar-refractivity contribution in [3.05, 3.63) is 36.7 Å². The first-order valence-corrected chi connectivity index (χ1v) is 3.26. The van der Waals surface area contributed by atoms with Crippen molar-refractivity contribution in [2.45, 2.75) is 12.5 Å². The third-order valence-electron chi connectivity index (χ3n) is 1.74. The van der Waals surface area contributed by atoms with Crippen LogP contribution in [0.2, 0.25) is 0 Å². The molecule has 0 N–H and O–H groups in total. The first-order valence-electron chi connectivity index (χ1n) is 3.26. The van der Waals surface area contributed by atoms with Crippen LogP contribution in [0.1, 0.15) is 6.42 Å². The van der Waals surface area contributed by atoms with Crippen molar-refractivity contribution in [2.75, 3.05) is 0 Å². The molecule has 0 amide bonds. The molecule has 9 heavy (non-hydrogen) atoms. The molecule has 1 atom stereocenters. The van der Waals surface area contributed by atoms with Gasteiger partial charge in [-0.1, -0.05) is 18.2 Å². The van der Waals surface area contributed by atoms with E-state index in [0.29, 0.717) is 6.04 Å². The molecule has 0 aliphatic carbocycles. The molecular formula is C8H9N. The Hall–Kier alpha value is -0.980. The number of fused-ring (bicyclic) bond motifs is 1. The summed E-state index contributed by atoms with van der Waals surface area (Å²) in [5.41, 5.74) is 0. The summed E-state index contributed by atoms with van der Waals surface area (Å²) < 4.78 is 0. The zero-order chi connectivity index (χ0) is 6.10. The van der Waals surface area contributed by atoms with Crippen molar-refractivity contribution in [2.24, 2.45) is 0 Å². The maximum absolute atomic E-state index is 2.22. The average Bonchev–Trinajstić information content (AvgIpc) is 2.33. The van der Waals surface area contributed by atoms with E-state index in [1.807, 2.05) is 0 Å². The zero-order valence-electron chi connectivity index (χ0n) is 5.20. The molecule has 0 bridgehead atoms. The molecule has 2 aliphatic rings. The predicted molar refractivity (Wildman–Crippen MR) is 37.7 cm³/mol. The van der Waals surface area contributed by atoms with Gasteiger partial charge in [0.15, 0.2) is 0 Å². The standard InChI is InChI=1S/C8H9N/c1-2-6-9-7-3-5-8(9)4-1/h1-4,6-8H,5H2. The van der Waals surface area contributed by atoms with Gasteiger partial charge in [-0.15, -0.1) is 0 Å². The van der Waals surface area contributed by atoms with E-state index in [1.165, 1.54) is 6.42 Å². The quantitative estimate of drug-likeness (QED) is 0.468. The van der Waals surface area contributed by atoms with Crippen molar-refractivity contribution in [3.63, 3.8) is 0 Å². The lowest BCUT2D eigenvalue weighted by Gasteiger charge is -2.20. The Morgan fingerprint density at radius 3 is 3.11 bits per heavy atom. The van der Waals surface area contributed by atoms with Gasteiger partial charge >= 0.3 is 0 Å². The lowest BCUT2D eigenvalue weighted by Crippen LogP contribution is -2.20. The van der Waals surface area contributed by atoms with Crippen LogP contribution < -0.4 is 0 Å². The van der Waals surface area contributed by atoms with Crippen molar-refractivity contribution in [3.8, 4) is 0 Å². The Balaban J connectivity index is 2.25. The van der Waals surface area contributed by atoms with E-state index in [4.69, 9.17) is 0 Å². The Morgan fingerprint density at radius 2 is 2.22 bits per heavy atom. The van der Waals surface area contributed by atoms with Crippen molar-refractivity contribution in [1.29, 1.82) is 0 Å². The fraction of sp³-hybridized carbons (Fsp3) is 0.250. The second-order valence-corrected chi connectivity index (χ2v) is 2.36. The number of hydrogen-bond acceptors (Lipinski definition) is 1. The monoisotopic (exact) mass is 119 g/mol. The summed E-state index contributed by atoms with van der Waals surface area (Å²) in [4.78, 5) is 2.22. The van der Waals surface area contributed by atoms with Gasteiger partial charge in [-0.3, -0.25) is 0 Å². The third-order valence-corrected chi connectivity index (χ3v) is 1.74. The average molecular weight is 119 g/mol. The predicted octanol–water partition coefficient (Wildman–Crippen LogP) is 1.66. The van der Waals surface area contributed by atoms with Gasteiger partial charge < -0.3 is 4.90 Å². The minimum atomic E-state index is 0.620. The number of allylic oxidation sites excluding steroid dienone is 2. The lowest BCUT2D eigenvalue weighted by molar-refractivity contribution is 0.455. The van der Waals surface area contributed by atoms with E-state index in [9.17, 15) is 0 Å². The highest BCUT2D eigenvalue weighted by Crippen LogP contribution is 2.18. The maximum atomic E-state index is 2.22. The molecule has 0 radical (unpaired) electrons. The van der Waals surface area contributed by atoms with Gasteiger partial charge in [0.05, 0.1) is 6.04 Å². The molecule has 2 heterocycles. The highest BCUT2D eigenvalue weighted by Gasteiger charge is 2.14. The van der Waals surface area contributed by atoms with Gasteiger partial charge in [-0.25, -0.2) is 0 Å². The zero-order valence-corrected chi connectivity index (χ0v) is 5.20. The molecule has 1 nitrogen and oxygen atoms in total. The second kappa shape index (κ2) is 1.76. The van der Waals surface area contributed by atoms with Crippen LogP contribution in [0.5, 0.6) is 0 Å². The summed E-state index contributed by atoms with van der Waals surface area (Å²) in [7, 11) is 0. The fourth-order valence-electron chi connectivity index (χ4n) is 1.23. The molecule has 1 unspecified atom stereocenters. The van der Waals surface area contributed by atoms with Crippen LogP contribution in [0.4, 0.5) is 0 Å². The molecule has 0 aromatic heterocycles. The van der Waals surface area contributed by atoms with Crippen LogP contribution in [0.15, 0.2) is 36.7 Å². The van der Waals surface area contributed by atoms with Crippen LogP contribution in [-0.2, 0) is 0 Å². The van der Waals surface area contributed by atoms with Crippen LogP contribution in [0.25, 0.3) is 0 Å². The van der Waals surface area contributed by atoms with Crippen LogP contribution in [0, 0.1) is 0 Å². The molecule has 46 valence electrons. The number of hydrogen-bond donors (Lipinski definition) is 0. The van der Waals surface area contributed by atoms with E-state index in [0.717, 1.165) is 0 Å². The molecule has 2 rings (SSSR count). The van der Waals surface area contributed by atoms with E-state index in [1.54, 1.807) is 0 Å². The Morgan fingerprint density at radius 1 is 1.22 bits per heavy atom. The van der Waals surface area contributed by atoms with Crippen LogP contribution >= 0.6 is 0 Å². The van der Waals surface area contributed by atoms with Crippen molar-refractivity contribution in [1.82, 2.24) is 4.90 Å². The topological polar surface area (TPSA) is 3.24 Å². The largest absolute Gasteiger partial charge is 0.347 e. The Labute approximate surface area is 55.0 Å². The summed E-state index contributed by atoms with van der Waals surface area (Å²) >= 11 is 0.